The van der Waals surface area contributed by atoms with E-state index in [1.165, 1.54) is 16.9 Å². The molecule has 1 aliphatic carbocycles. The van der Waals surface area contributed by atoms with Crippen molar-refractivity contribution >= 4 is 23.1 Å². The summed E-state index contributed by atoms with van der Waals surface area (Å²) < 4.78 is 0. The highest BCUT2D eigenvalue weighted by Gasteiger charge is 2.35. The lowest BCUT2D eigenvalue weighted by molar-refractivity contribution is -0.121. The maximum atomic E-state index is 12.5. The average Bonchev–Trinajstić information content (AvgIpc) is 3.36. The molecule has 1 heterocycles. The summed E-state index contributed by atoms with van der Waals surface area (Å²) in [5, 5.41) is 19.4. The Kier molecular flexibility index (Phi) is 8.23. The molecule has 5 heteroatoms. The van der Waals surface area contributed by atoms with E-state index in [9.17, 15) is 14.7 Å². The molecule has 1 saturated carbocycles. The van der Waals surface area contributed by atoms with Crippen molar-refractivity contribution in [1.82, 2.24) is 0 Å². The zero-order valence-electron chi connectivity index (χ0n) is 17.7. The number of Topliss-reactive ketones (excluding diaryl/α,β-unsaturated/α-hetero) is 1. The summed E-state index contributed by atoms with van der Waals surface area (Å²) in [4.78, 5) is 25.0. The summed E-state index contributed by atoms with van der Waals surface area (Å²) in [6.45, 7) is 2.16. The van der Waals surface area contributed by atoms with Crippen LogP contribution < -0.4 is 0 Å². The van der Waals surface area contributed by atoms with Gasteiger partial charge >= 0.3 is 5.97 Å². The number of rotatable bonds is 11. The molecule has 1 fully saturated rings. The lowest BCUT2D eigenvalue weighted by Gasteiger charge is -2.20. The Balaban J connectivity index is 1.56. The van der Waals surface area contributed by atoms with Gasteiger partial charge < -0.3 is 10.2 Å². The Hall–Kier alpha value is -1.98. The Morgan fingerprint density at radius 1 is 1.13 bits per heavy atom. The van der Waals surface area contributed by atoms with Gasteiger partial charge in [-0.25, -0.2) is 4.79 Å². The molecule has 1 aromatic carbocycles. The molecule has 1 unspecified atom stereocenters. The number of hydrogen-bond acceptors (Lipinski definition) is 4. The zero-order chi connectivity index (χ0) is 21.5. The number of aromatic carboxylic acids is 1. The highest BCUT2D eigenvalue weighted by molar-refractivity contribution is 7.13. The van der Waals surface area contributed by atoms with Gasteiger partial charge in [0.1, 0.15) is 10.7 Å². The van der Waals surface area contributed by atoms with Crippen LogP contribution in [0.3, 0.4) is 0 Å². The second kappa shape index (κ2) is 10.9. The second-order valence-electron chi connectivity index (χ2n) is 8.36. The number of carboxylic acids is 1. The first-order chi connectivity index (χ1) is 14.5. The van der Waals surface area contributed by atoms with Crippen LogP contribution in [0.2, 0.25) is 0 Å². The molecule has 3 atom stereocenters. The third kappa shape index (κ3) is 5.79. The fourth-order valence-corrected chi connectivity index (χ4v) is 5.40. The highest BCUT2D eigenvalue weighted by atomic mass is 32.1. The predicted octanol–water partition coefficient (Wildman–Crippen LogP) is 6.15. The monoisotopic (exact) mass is 428 g/mol. The molecule has 30 heavy (non-hydrogen) atoms. The minimum absolute atomic E-state index is 0.0456. The van der Waals surface area contributed by atoms with Crippen molar-refractivity contribution in [2.75, 3.05) is 0 Å². The van der Waals surface area contributed by atoms with E-state index in [2.05, 4.69) is 19.1 Å². The van der Waals surface area contributed by atoms with Crippen molar-refractivity contribution in [2.24, 2.45) is 5.92 Å². The normalized spacial score (nSPS) is 19.9. The van der Waals surface area contributed by atoms with Crippen LogP contribution in [0.1, 0.15) is 96.0 Å². The second-order valence-corrected chi connectivity index (χ2v) is 9.53. The minimum Gasteiger partial charge on any atom is -0.477 e. The standard InChI is InChI=1S/C25H32O4S/c1-2-3-4-8-22(26)18-11-9-17(10-12-18)20-14-15-23(27)21(20)7-5-6-19-13-16-24(30-19)25(28)29/h9-13,16,20-22,26H,2-8,14-15H2,1H3,(H,28,29)/t20-,21+,22?/m0/s1. The molecule has 162 valence electrons. The molecule has 0 spiro atoms. The van der Waals surface area contributed by atoms with E-state index in [4.69, 9.17) is 5.11 Å². The summed E-state index contributed by atoms with van der Waals surface area (Å²) in [5.74, 6) is -0.233. The maximum Gasteiger partial charge on any atom is 0.345 e. The summed E-state index contributed by atoms with van der Waals surface area (Å²) in [6, 6.07) is 11.8. The molecule has 0 saturated heterocycles. The van der Waals surface area contributed by atoms with Gasteiger partial charge in [0.15, 0.2) is 0 Å². The van der Waals surface area contributed by atoms with E-state index < -0.39 is 12.1 Å². The number of benzene rings is 1. The quantitative estimate of drug-likeness (QED) is 0.421. The molecule has 2 N–H and O–H groups in total. The van der Waals surface area contributed by atoms with Gasteiger partial charge in [-0.15, -0.1) is 11.3 Å². The molecular formula is C25H32O4S. The molecule has 4 nitrogen and oxygen atoms in total. The number of aliphatic hydroxyl groups is 1. The number of carbonyl (C=O) groups is 2. The minimum atomic E-state index is -0.879. The van der Waals surface area contributed by atoms with Crippen LogP contribution in [0.5, 0.6) is 0 Å². The van der Waals surface area contributed by atoms with Gasteiger partial charge in [-0.1, -0.05) is 50.5 Å². The van der Waals surface area contributed by atoms with Gasteiger partial charge in [-0.3, -0.25) is 4.79 Å². The third-order valence-electron chi connectivity index (χ3n) is 6.24. The van der Waals surface area contributed by atoms with Crippen molar-refractivity contribution in [2.45, 2.75) is 76.7 Å². The van der Waals surface area contributed by atoms with E-state index in [0.717, 1.165) is 61.8 Å². The molecule has 1 aliphatic rings. The molecule has 0 aliphatic heterocycles. The van der Waals surface area contributed by atoms with Gasteiger partial charge in [0.2, 0.25) is 0 Å². The van der Waals surface area contributed by atoms with Crippen LogP contribution in [-0.2, 0) is 11.2 Å². The molecule has 1 aromatic heterocycles. The van der Waals surface area contributed by atoms with E-state index in [-0.39, 0.29) is 11.8 Å². The van der Waals surface area contributed by atoms with E-state index in [1.54, 1.807) is 6.07 Å². The molecule has 0 bridgehead atoms. The number of aliphatic hydroxyl groups excluding tert-OH is 1. The SMILES string of the molecule is CCCCCC(O)c1ccc([C@@H]2CCC(=O)[C@@H]2CCCc2ccc(C(=O)O)s2)cc1. The van der Waals surface area contributed by atoms with Gasteiger partial charge in [0, 0.05) is 17.2 Å². The summed E-state index contributed by atoms with van der Waals surface area (Å²) in [7, 11) is 0. The molecule has 2 aromatic rings. The number of thiophene rings is 1. The van der Waals surface area contributed by atoms with E-state index >= 15 is 0 Å². The van der Waals surface area contributed by atoms with Gasteiger partial charge in [0.25, 0.3) is 0 Å². The summed E-state index contributed by atoms with van der Waals surface area (Å²) in [5.41, 5.74) is 2.15. The first-order valence-electron chi connectivity index (χ1n) is 11.1. The van der Waals surface area contributed by atoms with Crippen LogP contribution in [0.25, 0.3) is 0 Å². The van der Waals surface area contributed by atoms with Gasteiger partial charge in [-0.05, 0) is 61.3 Å². The Morgan fingerprint density at radius 2 is 1.90 bits per heavy atom. The van der Waals surface area contributed by atoms with Crippen molar-refractivity contribution < 1.29 is 19.8 Å². The Morgan fingerprint density at radius 3 is 2.57 bits per heavy atom. The van der Waals surface area contributed by atoms with Gasteiger partial charge in [-0.2, -0.15) is 0 Å². The number of carboxylic acid groups (broad SMARTS) is 1. The fourth-order valence-electron chi connectivity index (χ4n) is 4.51. The van der Waals surface area contributed by atoms with Crippen molar-refractivity contribution in [1.29, 1.82) is 0 Å². The van der Waals surface area contributed by atoms with Crippen LogP contribution in [0.15, 0.2) is 36.4 Å². The molecule has 0 amide bonds. The van der Waals surface area contributed by atoms with Crippen LogP contribution in [0, 0.1) is 5.92 Å². The maximum absolute atomic E-state index is 12.5. The van der Waals surface area contributed by atoms with Crippen molar-refractivity contribution in [3.05, 3.63) is 57.3 Å². The van der Waals surface area contributed by atoms with Crippen LogP contribution in [0.4, 0.5) is 0 Å². The number of aryl methyl sites for hydroxylation is 1. The lowest BCUT2D eigenvalue weighted by atomic mass is 9.84. The highest BCUT2D eigenvalue weighted by Crippen LogP contribution is 2.40. The van der Waals surface area contributed by atoms with E-state index in [1.807, 2.05) is 18.2 Å². The molecule has 0 radical (unpaired) electrons. The summed E-state index contributed by atoms with van der Waals surface area (Å²) >= 11 is 1.32. The van der Waals surface area contributed by atoms with Crippen LogP contribution >= 0.6 is 11.3 Å². The van der Waals surface area contributed by atoms with Crippen molar-refractivity contribution in [3.8, 4) is 0 Å². The van der Waals surface area contributed by atoms with Gasteiger partial charge in [0.05, 0.1) is 6.10 Å². The number of hydrogen-bond donors (Lipinski definition) is 2. The first-order valence-corrected chi connectivity index (χ1v) is 11.9. The average molecular weight is 429 g/mol. The fraction of sp³-hybridized carbons (Fsp3) is 0.520. The molecular weight excluding hydrogens is 396 g/mol. The number of carbonyl (C=O) groups excluding carboxylic acids is 1. The molecule has 3 rings (SSSR count). The van der Waals surface area contributed by atoms with Crippen molar-refractivity contribution in [3.63, 3.8) is 0 Å². The Bertz CT molecular complexity index is 839. The summed E-state index contributed by atoms with van der Waals surface area (Å²) in [6.07, 6.45) is 7.79. The number of unbranched alkanes of at least 4 members (excludes halogenated alkanes) is 2. The van der Waals surface area contributed by atoms with Crippen LogP contribution in [-0.4, -0.2) is 22.0 Å². The smallest absolute Gasteiger partial charge is 0.345 e. The Labute approximate surface area is 183 Å². The largest absolute Gasteiger partial charge is 0.477 e. The third-order valence-corrected chi connectivity index (χ3v) is 7.38. The van der Waals surface area contributed by atoms with E-state index in [0.29, 0.717) is 17.1 Å². The topological polar surface area (TPSA) is 74.6 Å². The predicted molar refractivity (Wildman–Crippen MR) is 120 cm³/mol. The first kappa shape index (κ1) is 22.7. The zero-order valence-corrected chi connectivity index (χ0v) is 18.5. The number of ketones is 1. The lowest BCUT2D eigenvalue weighted by Crippen LogP contribution is -2.14.